The topological polar surface area (TPSA) is 80.2 Å². The van der Waals surface area contributed by atoms with Crippen LogP contribution in [0.15, 0.2) is 42.7 Å². The lowest BCUT2D eigenvalue weighted by Gasteiger charge is -2.32. The minimum atomic E-state index is -2.53. The van der Waals surface area contributed by atoms with Gasteiger partial charge in [0.25, 0.3) is 12.3 Å². The van der Waals surface area contributed by atoms with Crippen molar-refractivity contribution in [1.82, 2.24) is 25.2 Å². The van der Waals surface area contributed by atoms with Crippen molar-refractivity contribution >= 4 is 16.8 Å². The molecule has 9 heteroatoms. The fourth-order valence-corrected chi connectivity index (χ4v) is 5.28. The molecule has 0 saturated heterocycles. The van der Waals surface area contributed by atoms with Gasteiger partial charge in [-0.05, 0) is 62.8 Å². The molecule has 1 N–H and O–H groups in total. The lowest BCUT2D eigenvalue weighted by molar-refractivity contribution is 0.0766. The van der Waals surface area contributed by atoms with Gasteiger partial charge in [0.1, 0.15) is 0 Å². The number of fused-ring (bicyclic) bond motifs is 2. The van der Waals surface area contributed by atoms with Crippen LogP contribution in [-0.4, -0.2) is 57.9 Å². The third-order valence-corrected chi connectivity index (χ3v) is 7.26. The number of alkyl halides is 2. The number of pyridine rings is 1. The SMILES string of the molecule is O=C(N[C@H]1CC[C@H](CCN2CCc3nc(OCC(F)F)ncc3C2)CC1)c1cccc2ncccc12. The van der Waals surface area contributed by atoms with E-state index in [1.54, 1.807) is 12.4 Å². The number of hydrogen-bond acceptors (Lipinski definition) is 6. The van der Waals surface area contributed by atoms with Crippen molar-refractivity contribution in [2.45, 2.75) is 57.5 Å². The maximum atomic E-state index is 12.9. The first-order chi connectivity index (χ1) is 17.5. The van der Waals surface area contributed by atoms with Gasteiger partial charge in [0.05, 0.1) is 11.2 Å². The Morgan fingerprint density at radius 1 is 1.14 bits per heavy atom. The molecule has 2 aromatic heterocycles. The van der Waals surface area contributed by atoms with E-state index in [1.165, 1.54) is 0 Å². The predicted octanol–water partition coefficient (Wildman–Crippen LogP) is 4.41. The van der Waals surface area contributed by atoms with Crippen LogP contribution in [-0.2, 0) is 13.0 Å². The zero-order chi connectivity index (χ0) is 24.9. The van der Waals surface area contributed by atoms with E-state index in [0.29, 0.717) is 11.5 Å². The van der Waals surface area contributed by atoms with Crippen LogP contribution < -0.4 is 10.1 Å². The smallest absolute Gasteiger partial charge is 0.316 e. The van der Waals surface area contributed by atoms with Gasteiger partial charge in [-0.15, -0.1) is 0 Å². The first-order valence-electron chi connectivity index (χ1n) is 12.7. The molecule has 0 atom stereocenters. The van der Waals surface area contributed by atoms with Gasteiger partial charge in [-0.2, -0.15) is 4.98 Å². The molecule has 1 aliphatic heterocycles. The average molecular weight is 496 g/mol. The summed E-state index contributed by atoms with van der Waals surface area (Å²) in [6.07, 6.45) is 7.03. The van der Waals surface area contributed by atoms with Crippen LogP contribution in [0.1, 0.15) is 53.7 Å². The molecule has 0 radical (unpaired) electrons. The Balaban J connectivity index is 1.06. The molecule has 0 bridgehead atoms. The zero-order valence-electron chi connectivity index (χ0n) is 20.2. The Morgan fingerprint density at radius 3 is 2.83 bits per heavy atom. The standard InChI is InChI=1S/C27H31F2N5O2/c28-25(29)17-36-27-31-15-19-16-34(14-11-23(19)33-27)13-10-18-6-8-20(9-7-18)32-26(35)22-3-1-5-24-21(22)4-2-12-30-24/h1-5,12,15,18,20,25H,6-11,13-14,16-17H2,(H,32,35)/t18-,20-. The maximum absolute atomic E-state index is 12.9. The number of carbonyl (C=O) groups is 1. The summed E-state index contributed by atoms with van der Waals surface area (Å²) < 4.78 is 29.6. The molecule has 0 unspecified atom stereocenters. The molecule has 3 aromatic rings. The first-order valence-corrected chi connectivity index (χ1v) is 12.7. The number of rotatable bonds is 8. The van der Waals surface area contributed by atoms with Crippen LogP contribution in [0.3, 0.4) is 0 Å². The summed E-state index contributed by atoms with van der Waals surface area (Å²) in [6, 6.07) is 9.72. The van der Waals surface area contributed by atoms with E-state index in [4.69, 9.17) is 4.74 Å². The van der Waals surface area contributed by atoms with Gasteiger partial charge in [0, 0.05) is 54.5 Å². The molecule has 36 heavy (non-hydrogen) atoms. The predicted molar refractivity (Wildman–Crippen MR) is 132 cm³/mol. The molecule has 5 rings (SSSR count). The van der Waals surface area contributed by atoms with Gasteiger partial charge in [-0.3, -0.25) is 14.7 Å². The van der Waals surface area contributed by atoms with E-state index in [9.17, 15) is 13.6 Å². The van der Waals surface area contributed by atoms with Gasteiger partial charge in [0.2, 0.25) is 0 Å². The van der Waals surface area contributed by atoms with Crippen LogP contribution in [0.25, 0.3) is 10.9 Å². The van der Waals surface area contributed by atoms with Gasteiger partial charge in [-0.25, -0.2) is 13.8 Å². The number of nitrogens with zero attached hydrogens (tertiary/aromatic N) is 4. The highest BCUT2D eigenvalue weighted by atomic mass is 19.3. The first kappa shape index (κ1) is 24.5. The van der Waals surface area contributed by atoms with Gasteiger partial charge >= 0.3 is 6.01 Å². The lowest BCUT2D eigenvalue weighted by Crippen LogP contribution is -2.38. The summed E-state index contributed by atoms with van der Waals surface area (Å²) in [4.78, 5) is 28.1. The molecule has 190 valence electrons. The van der Waals surface area contributed by atoms with E-state index in [1.807, 2.05) is 30.3 Å². The third kappa shape index (κ3) is 5.95. The molecule has 7 nitrogen and oxygen atoms in total. The van der Waals surface area contributed by atoms with Crippen molar-refractivity contribution in [3.05, 3.63) is 59.5 Å². The van der Waals surface area contributed by atoms with Crippen LogP contribution in [0.2, 0.25) is 0 Å². The zero-order valence-corrected chi connectivity index (χ0v) is 20.2. The van der Waals surface area contributed by atoms with Crippen molar-refractivity contribution in [1.29, 1.82) is 0 Å². The Labute approximate surface area is 209 Å². The van der Waals surface area contributed by atoms with Crippen molar-refractivity contribution in [2.24, 2.45) is 5.92 Å². The second-order valence-corrected chi connectivity index (χ2v) is 9.71. The van der Waals surface area contributed by atoms with Gasteiger partial charge in [-0.1, -0.05) is 12.1 Å². The van der Waals surface area contributed by atoms with Crippen molar-refractivity contribution in [3.8, 4) is 6.01 Å². The second-order valence-electron chi connectivity index (χ2n) is 9.71. The number of nitrogens with one attached hydrogen (secondary N) is 1. The number of carbonyl (C=O) groups excluding carboxylic acids is 1. The van der Waals surface area contributed by atoms with E-state index in [-0.39, 0.29) is 18.0 Å². The molecule has 1 amide bonds. The minimum Gasteiger partial charge on any atom is -0.457 e. The molecule has 1 saturated carbocycles. The summed E-state index contributed by atoms with van der Waals surface area (Å²) in [5, 5.41) is 4.13. The fraction of sp³-hybridized carbons (Fsp3) is 0.481. The number of amides is 1. The van der Waals surface area contributed by atoms with Gasteiger partial charge < -0.3 is 10.1 Å². The molecule has 0 spiro atoms. The lowest BCUT2D eigenvalue weighted by atomic mass is 9.83. The van der Waals surface area contributed by atoms with Crippen molar-refractivity contribution < 1.29 is 18.3 Å². The number of ether oxygens (including phenoxy) is 1. The number of benzene rings is 1. The van der Waals surface area contributed by atoms with E-state index >= 15 is 0 Å². The summed E-state index contributed by atoms with van der Waals surface area (Å²) in [5.74, 6) is 0.636. The fourth-order valence-electron chi connectivity index (χ4n) is 5.28. The number of halogens is 2. The quantitative estimate of drug-likeness (QED) is 0.499. The summed E-state index contributed by atoms with van der Waals surface area (Å²) in [5.41, 5.74) is 3.45. The highest BCUT2D eigenvalue weighted by Crippen LogP contribution is 2.29. The van der Waals surface area contributed by atoms with E-state index < -0.39 is 13.0 Å². The molecule has 3 heterocycles. The normalized spacial score (nSPS) is 20.3. The van der Waals surface area contributed by atoms with E-state index in [0.717, 1.165) is 80.3 Å². The third-order valence-electron chi connectivity index (χ3n) is 7.26. The largest absolute Gasteiger partial charge is 0.457 e. The average Bonchev–Trinajstić information content (AvgIpc) is 2.91. The summed E-state index contributed by atoms with van der Waals surface area (Å²) in [7, 11) is 0. The highest BCUT2D eigenvalue weighted by molar-refractivity contribution is 6.06. The minimum absolute atomic E-state index is 0.0194. The Morgan fingerprint density at radius 2 is 2.00 bits per heavy atom. The highest BCUT2D eigenvalue weighted by Gasteiger charge is 2.25. The number of hydrogen-bond donors (Lipinski definition) is 1. The van der Waals surface area contributed by atoms with Crippen molar-refractivity contribution in [2.75, 3.05) is 19.7 Å². The van der Waals surface area contributed by atoms with Crippen LogP contribution in [0.4, 0.5) is 8.78 Å². The van der Waals surface area contributed by atoms with Crippen LogP contribution >= 0.6 is 0 Å². The van der Waals surface area contributed by atoms with Gasteiger partial charge in [0.15, 0.2) is 6.61 Å². The van der Waals surface area contributed by atoms with E-state index in [2.05, 4.69) is 25.2 Å². The Hall–Kier alpha value is -3.20. The van der Waals surface area contributed by atoms with Crippen LogP contribution in [0.5, 0.6) is 6.01 Å². The molecule has 1 aromatic carbocycles. The number of aromatic nitrogens is 3. The monoisotopic (exact) mass is 495 g/mol. The molecular weight excluding hydrogens is 464 g/mol. The molecule has 2 aliphatic rings. The Kier molecular flexibility index (Phi) is 7.65. The molecule has 1 fully saturated rings. The van der Waals surface area contributed by atoms with Crippen LogP contribution in [0, 0.1) is 5.92 Å². The Bertz CT molecular complexity index is 1190. The van der Waals surface area contributed by atoms with Crippen molar-refractivity contribution in [3.63, 3.8) is 0 Å². The molecular formula is C27H31F2N5O2. The maximum Gasteiger partial charge on any atom is 0.316 e. The summed E-state index contributed by atoms with van der Waals surface area (Å²) >= 11 is 0. The second kappa shape index (κ2) is 11.2. The summed E-state index contributed by atoms with van der Waals surface area (Å²) in [6.45, 7) is 1.99. The molecule has 1 aliphatic carbocycles.